The van der Waals surface area contributed by atoms with E-state index in [9.17, 15) is 4.79 Å². The van der Waals surface area contributed by atoms with E-state index >= 15 is 0 Å². The van der Waals surface area contributed by atoms with Crippen molar-refractivity contribution in [1.29, 1.82) is 10.5 Å². The van der Waals surface area contributed by atoms with E-state index in [-0.39, 0.29) is 5.69 Å². The van der Waals surface area contributed by atoms with Crippen LogP contribution in [-0.4, -0.2) is 15.9 Å². The summed E-state index contributed by atoms with van der Waals surface area (Å²) in [5.41, 5.74) is 2.43. The highest BCUT2D eigenvalue weighted by atomic mass is 16.1. The number of benzene rings is 2. The zero-order valence-corrected chi connectivity index (χ0v) is 13.5. The van der Waals surface area contributed by atoms with Crippen LogP contribution in [0.3, 0.4) is 0 Å². The molecule has 2 aromatic carbocycles. The van der Waals surface area contributed by atoms with Crippen LogP contribution in [0, 0.1) is 22.7 Å². The molecule has 3 aromatic rings. The van der Waals surface area contributed by atoms with Gasteiger partial charge in [-0.1, -0.05) is 6.07 Å². The van der Waals surface area contributed by atoms with Gasteiger partial charge in [0.1, 0.15) is 11.5 Å². The fourth-order valence-electron chi connectivity index (χ4n) is 2.15. The van der Waals surface area contributed by atoms with Crippen LogP contribution in [0.1, 0.15) is 21.6 Å². The Balaban J connectivity index is 1.67. The van der Waals surface area contributed by atoms with E-state index < -0.39 is 5.91 Å². The first-order chi connectivity index (χ1) is 12.7. The van der Waals surface area contributed by atoms with Gasteiger partial charge in [0.2, 0.25) is 0 Å². The Morgan fingerprint density at radius 3 is 2.31 bits per heavy atom. The highest BCUT2D eigenvalue weighted by molar-refractivity contribution is 6.02. The lowest BCUT2D eigenvalue weighted by molar-refractivity contribution is 0.102. The number of hydrogen-bond acceptors (Lipinski definition) is 6. The minimum atomic E-state index is -0.419. The van der Waals surface area contributed by atoms with Crippen LogP contribution in [0.25, 0.3) is 0 Å². The molecule has 124 valence electrons. The Hall–Kier alpha value is -4.23. The third kappa shape index (κ3) is 3.99. The number of amides is 1. The Labute approximate surface area is 149 Å². The molecule has 0 saturated heterocycles. The second-order valence-corrected chi connectivity index (χ2v) is 5.25. The van der Waals surface area contributed by atoms with Gasteiger partial charge < -0.3 is 10.6 Å². The molecule has 0 aliphatic carbocycles. The van der Waals surface area contributed by atoms with Gasteiger partial charge in [-0.2, -0.15) is 10.5 Å². The average Bonchev–Trinajstić information content (AvgIpc) is 2.69. The fourth-order valence-corrected chi connectivity index (χ4v) is 2.15. The number of nitriles is 2. The summed E-state index contributed by atoms with van der Waals surface area (Å²) in [6, 6.07) is 17.5. The van der Waals surface area contributed by atoms with Crippen LogP contribution in [-0.2, 0) is 0 Å². The maximum Gasteiger partial charge on any atom is 0.275 e. The average molecular weight is 340 g/mol. The lowest BCUT2D eigenvalue weighted by Gasteiger charge is -2.07. The molecule has 7 nitrogen and oxygen atoms in total. The van der Waals surface area contributed by atoms with Crippen molar-refractivity contribution in [3.05, 3.63) is 77.7 Å². The molecule has 3 rings (SSSR count). The van der Waals surface area contributed by atoms with Crippen LogP contribution in [0.5, 0.6) is 0 Å². The third-order valence-corrected chi connectivity index (χ3v) is 3.42. The standard InChI is InChI=1S/C19H12N6O/c20-9-13-4-6-15(7-5-13)24-18-12-22-17(11-23-18)19(26)25-16-3-1-2-14(8-16)10-21/h1-8,11-12H,(H,23,24)(H,25,26). The SMILES string of the molecule is N#Cc1ccc(Nc2cnc(C(=O)Nc3cccc(C#N)c3)cn2)cc1. The molecule has 7 heteroatoms. The van der Waals surface area contributed by atoms with Crippen LogP contribution < -0.4 is 10.6 Å². The quantitative estimate of drug-likeness (QED) is 0.753. The molecule has 1 aromatic heterocycles. The monoisotopic (exact) mass is 340 g/mol. The molecule has 0 spiro atoms. The first-order valence-electron chi connectivity index (χ1n) is 7.59. The normalized spacial score (nSPS) is 9.62. The van der Waals surface area contributed by atoms with E-state index in [0.717, 1.165) is 5.69 Å². The van der Waals surface area contributed by atoms with Gasteiger partial charge >= 0.3 is 0 Å². The molecule has 2 N–H and O–H groups in total. The first kappa shape index (κ1) is 16.6. The molecule has 0 aliphatic rings. The van der Waals surface area contributed by atoms with Gasteiger partial charge in [0.25, 0.3) is 5.91 Å². The van der Waals surface area contributed by atoms with Gasteiger partial charge in [-0.05, 0) is 42.5 Å². The molecule has 26 heavy (non-hydrogen) atoms. The van der Waals surface area contributed by atoms with Gasteiger partial charge in [0, 0.05) is 11.4 Å². The molecular formula is C19H12N6O. The molecule has 0 unspecified atom stereocenters. The van der Waals surface area contributed by atoms with E-state index in [1.54, 1.807) is 48.5 Å². The van der Waals surface area contributed by atoms with E-state index in [1.165, 1.54) is 12.4 Å². The largest absolute Gasteiger partial charge is 0.339 e. The summed E-state index contributed by atoms with van der Waals surface area (Å²) < 4.78 is 0. The molecule has 0 fully saturated rings. The van der Waals surface area contributed by atoms with Crippen molar-refractivity contribution in [2.45, 2.75) is 0 Å². The Kier molecular flexibility index (Phi) is 4.83. The van der Waals surface area contributed by atoms with E-state index in [1.807, 2.05) is 12.1 Å². The minimum absolute atomic E-state index is 0.151. The summed E-state index contributed by atoms with van der Waals surface area (Å²) in [5, 5.41) is 23.4. The zero-order chi connectivity index (χ0) is 18.4. The number of carbonyl (C=O) groups is 1. The maximum atomic E-state index is 12.2. The van der Waals surface area contributed by atoms with Gasteiger partial charge in [-0.15, -0.1) is 0 Å². The Morgan fingerprint density at radius 1 is 0.885 bits per heavy atom. The van der Waals surface area contributed by atoms with Crippen molar-refractivity contribution in [2.24, 2.45) is 0 Å². The predicted octanol–water partition coefficient (Wildman–Crippen LogP) is 3.22. The fraction of sp³-hybridized carbons (Fsp3) is 0. The zero-order valence-electron chi connectivity index (χ0n) is 13.5. The van der Waals surface area contributed by atoms with Gasteiger partial charge in [-0.3, -0.25) is 4.79 Å². The predicted molar refractivity (Wildman–Crippen MR) is 95.6 cm³/mol. The number of nitrogens with one attached hydrogen (secondary N) is 2. The summed E-state index contributed by atoms with van der Waals surface area (Å²) >= 11 is 0. The Bertz CT molecular complexity index is 1010. The topological polar surface area (TPSA) is 114 Å². The van der Waals surface area contributed by atoms with Crippen molar-refractivity contribution in [1.82, 2.24) is 9.97 Å². The third-order valence-electron chi connectivity index (χ3n) is 3.42. The second-order valence-electron chi connectivity index (χ2n) is 5.25. The van der Waals surface area contributed by atoms with E-state index in [2.05, 4.69) is 20.6 Å². The lowest BCUT2D eigenvalue weighted by Crippen LogP contribution is -2.14. The van der Waals surface area contributed by atoms with Gasteiger partial charge in [-0.25, -0.2) is 9.97 Å². The molecule has 1 amide bonds. The second kappa shape index (κ2) is 7.56. The van der Waals surface area contributed by atoms with Crippen LogP contribution in [0.4, 0.5) is 17.2 Å². The number of aromatic nitrogens is 2. The smallest absolute Gasteiger partial charge is 0.275 e. The molecular weight excluding hydrogens is 328 g/mol. The molecule has 0 radical (unpaired) electrons. The van der Waals surface area contributed by atoms with Crippen molar-refractivity contribution in [3.8, 4) is 12.1 Å². The van der Waals surface area contributed by atoms with Crippen molar-refractivity contribution in [3.63, 3.8) is 0 Å². The summed E-state index contributed by atoms with van der Waals surface area (Å²) in [7, 11) is 0. The highest BCUT2D eigenvalue weighted by Crippen LogP contribution is 2.15. The summed E-state index contributed by atoms with van der Waals surface area (Å²) in [5.74, 6) is 0.0512. The number of nitrogens with zero attached hydrogens (tertiary/aromatic N) is 4. The Morgan fingerprint density at radius 2 is 1.65 bits per heavy atom. The van der Waals surface area contributed by atoms with Crippen molar-refractivity contribution in [2.75, 3.05) is 10.6 Å². The van der Waals surface area contributed by atoms with Crippen LogP contribution >= 0.6 is 0 Å². The van der Waals surface area contributed by atoms with Crippen LogP contribution in [0.2, 0.25) is 0 Å². The molecule has 0 saturated carbocycles. The molecule has 0 bridgehead atoms. The molecule has 1 heterocycles. The number of carbonyl (C=O) groups excluding carboxylic acids is 1. The molecule has 0 aliphatic heterocycles. The molecule has 0 atom stereocenters. The van der Waals surface area contributed by atoms with Crippen molar-refractivity contribution >= 4 is 23.1 Å². The lowest BCUT2D eigenvalue weighted by atomic mass is 10.2. The van der Waals surface area contributed by atoms with Gasteiger partial charge in [0.15, 0.2) is 0 Å². The summed E-state index contributed by atoms with van der Waals surface area (Å²) in [6.07, 6.45) is 2.80. The summed E-state index contributed by atoms with van der Waals surface area (Å²) in [6.45, 7) is 0. The van der Waals surface area contributed by atoms with Crippen molar-refractivity contribution < 1.29 is 4.79 Å². The summed E-state index contributed by atoms with van der Waals surface area (Å²) in [4.78, 5) is 20.5. The minimum Gasteiger partial charge on any atom is -0.339 e. The first-order valence-corrected chi connectivity index (χ1v) is 7.59. The van der Waals surface area contributed by atoms with E-state index in [4.69, 9.17) is 10.5 Å². The van der Waals surface area contributed by atoms with Gasteiger partial charge in [0.05, 0.1) is 35.7 Å². The number of hydrogen-bond donors (Lipinski definition) is 2. The number of rotatable bonds is 4. The highest BCUT2D eigenvalue weighted by Gasteiger charge is 2.09. The van der Waals surface area contributed by atoms with E-state index in [0.29, 0.717) is 22.6 Å². The number of anilines is 3. The maximum absolute atomic E-state index is 12.2. The van der Waals surface area contributed by atoms with Crippen LogP contribution in [0.15, 0.2) is 60.9 Å².